The van der Waals surface area contributed by atoms with Crippen molar-refractivity contribution in [3.8, 4) is 0 Å². The fourth-order valence-corrected chi connectivity index (χ4v) is 2.24. The molecule has 1 saturated heterocycles. The second kappa shape index (κ2) is 7.24. The van der Waals surface area contributed by atoms with Gasteiger partial charge in [0.2, 0.25) is 5.82 Å². The van der Waals surface area contributed by atoms with Gasteiger partial charge in [-0.25, -0.2) is 4.79 Å². The Kier molecular flexibility index (Phi) is 5.52. The van der Waals surface area contributed by atoms with Gasteiger partial charge in [-0.2, -0.15) is 4.39 Å². The first kappa shape index (κ1) is 18.3. The number of nitrogens with one attached hydrogen (secondary N) is 1. The Bertz CT molecular complexity index is 715. The van der Waals surface area contributed by atoms with E-state index in [0.717, 1.165) is 4.57 Å². The number of carbonyl (C=O) groups is 1. The Hall–Kier alpha value is -2.04. The van der Waals surface area contributed by atoms with Crippen LogP contribution in [0.3, 0.4) is 0 Å². The second-order valence-corrected chi connectivity index (χ2v) is 5.98. The molecule has 1 aliphatic heterocycles. The second-order valence-electron chi connectivity index (χ2n) is 5.98. The first-order chi connectivity index (χ1) is 11.2. The van der Waals surface area contributed by atoms with E-state index in [9.17, 15) is 23.9 Å². The van der Waals surface area contributed by atoms with Crippen LogP contribution in [-0.2, 0) is 14.3 Å². The lowest BCUT2D eigenvalue weighted by Crippen LogP contribution is -2.39. The summed E-state index contributed by atoms with van der Waals surface area (Å²) < 4.78 is 24.6. The predicted molar refractivity (Wildman–Crippen MR) is 79.6 cm³/mol. The summed E-state index contributed by atoms with van der Waals surface area (Å²) in [6.07, 6.45) is -2.22. The third-order valence-electron chi connectivity index (χ3n) is 3.82. The summed E-state index contributed by atoms with van der Waals surface area (Å²) in [5.74, 6) is -1.88. The fourth-order valence-electron chi connectivity index (χ4n) is 2.24. The smallest absolute Gasteiger partial charge is 0.330 e. The molecule has 0 saturated carbocycles. The Balaban J connectivity index is 2.02. The van der Waals surface area contributed by atoms with Crippen molar-refractivity contribution in [2.24, 2.45) is 11.7 Å². The van der Waals surface area contributed by atoms with E-state index < -0.39 is 47.5 Å². The van der Waals surface area contributed by atoms with E-state index in [0.29, 0.717) is 6.20 Å². The van der Waals surface area contributed by atoms with Gasteiger partial charge in [0.25, 0.3) is 5.56 Å². The van der Waals surface area contributed by atoms with Crippen molar-refractivity contribution in [1.82, 2.24) is 9.55 Å². The Morgan fingerprint density at radius 3 is 2.88 bits per heavy atom. The number of carbonyl (C=O) groups excluding carboxylic acids is 1. The van der Waals surface area contributed by atoms with Crippen LogP contribution >= 0.6 is 0 Å². The minimum Gasteiger partial charge on any atom is -0.462 e. The van der Waals surface area contributed by atoms with E-state index >= 15 is 0 Å². The van der Waals surface area contributed by atoms with Crippen LogP contribution in [0.15, 0.2) is 15.8 Å². The van der Waals surface area contributed by atoms with Crippen molar-refractivity contribution in [2.75, 3.05) is 6.61 Å². The molecule has 4 atom stereocenters. The Labute approximate surface area is 136 Å². The highest BCUT2D eigenvalue weighted by molar-refractivity contribution is 5.75. The number of nitrogens with zero attached hydrogens (tertiary/aromatic N) is 1. The van der Waals surface area contributed by atoms with Crippen LogP contribution in [0.25, 0.3) is 0 Å². The molecule has 0 bridgehead atoms. The van der Waals surface area contributed by atoms with Crippen molar-refractivity contribution >= 4 is 5.97 Å². The summed E-state index contributed by atoms with van der Waals surface area (Å²) >= 11 is 0. The molecule has 0 amide bonds. The number of aliphatic hydroxyl groups excluding tert-OH is 1. The molecule has 2 heterocycles. The first-order valence-electron chi connectivity index (χ1n) is 7.47. The van der Waals surface area contributed by atoms with Gasteiger partial charge in [-0.05, 0) is 5.92 Å². The molecule has 2 rings (SSSR count). The van der Waals surface area contributed by atoms with Gasteiger partial charge in [0.1, 0.15) is 25.0 Å². The molecule has 10 heteroatoms. The summed E-state index contributed by atoms with van der Waals surface area (Å²) in [7, 11) is 0. The third-order valence-corrected chi connectivity index (χ3v) is 3.82. The zero-order chi connectivity index (χ0) is 18.0. The number of ether oxygens (including phenoxy) is 2. The molecule has 1 aromatic heterocycles. The molecule has 1 unspecified atom stereocenters. The molecule has 4 N–H and O–H groups in total. The largest absolute Gasteiger partial charge is 0.462 e. The monoisotopic (exact) mass is 345 g/mol. The number of aliphatic hydroxyl groups is 1. The zero-order valence-electron chi connectivity index (χ0n) is 13.3. The molecule has 9 nitrogen and oxygen atoms in total. The predicted octanol–water partition coefficient (Wildman–Crippen LogP) is -1.15. The average Bonchev–Trinajstić information content (AvgIpc) is 2.88. The number of hydrogen-bond acceptors (Lipinski definition) is 7. The van der Waals surface area contributed by atoms with Crippen LogP contribution in [0.5, 0.6) is 0 Å². The van der Waals surface area contributed by atoms with Crippen molar-refractivity contribution in [2.45, 2.75) is 44.7 Å². The van der Waals surface area contributed by atoms with Crippen LogP contribution in [0.4, 0.5) is 4.39 Å². The summed E-state index contributed by atoms with van der Waals surface area (Å²) in [6, 6.07) is -0.796. The first-order valence-corrected chi connectivity index (χ1v) is 7.47. The fraction of sp³-hybridized carbons (Fsp3) is 0.643. The van der Waals surface area contributed by atoms with Gasteiger partial charge in [0.15, 0.2) is 0 Å². The topological polar surface area (TPSA) is 137 Å². The van der Waals surface area contributed by atoms with Gasteiger partial charge in [-0.1, -0.05) is 13.8 Å². The van der Waals surface area contributed by atoms with Crippen molar-refractivity contribution < 1.29 is 23.8 Å². The van der Waals surface area contributed by atoms with Crippen molar-refractivity contribution in [1.29, 1.82) is 0 Å². The van der Waals surface area contributed by atoms with E-state index in [1.54, 1.807) is 18.8 Å². The lowest BCUT2D eigenvalue weighted by Gasteiger charge is -2.18. The molecular formula is C14H20FN3O6. The number of aromatic nitrogens is 2. The quantitative estimate of drug-likeness (QED) is 0.573. The Morgan fingerprint density at radius 1 is 1.58 bits per heavy atom. The summed E-state index contributed by atoms with van der Waals surface area (Å²) in [6.45, 7) is 3.28. The summed E-state index contributed by atoms with van der Waals surface area (Å²) in [4.78, 5) is 36.2. The molecule has 1 aromatic rings. The maximum atomic E-state index is 13.3. The van der Waals surface area contributed by atoms with E-state index in [1.807, 2.05) is 0 Å². The van der Waals surface area contributed by atoms with E-state index in [4.69, 9.17) is 15.2 Å². The van der Waals surface area contributed by atoms with Gasteiger partial charge in [-0.3, -0.25) is 19.1 Å². The number of nitrogens with two attached hydrogens (primary N) is 1. The van der Waals surface area contributed by atoms with Crippen LogP contribution in [0, 0.1) is 11.7 Å². The standard InChI is InChI=1S/C14H20FN3O6/c1-6(2)11(16)13(21)23-5-9-8(19)3-10(24-9)18-4-7(15)12(20)17-14(18)22/h4,6,8-11,19H,3,5,16H2,1-2H3,(H,17,20,22)/t8?,9-,10-,11-/m0/s1. The normalized spacial score (nSPS) is 25.0. The number of rotatable bonds is 5. The molecular weight excluding hydrogens is 325 g/mol. The SMILES string of the molecule is CC(C)[C@H](N)C(=O)OC[C@@H]1O[C@H](n2cc(F)c(=O)[nH]c2=O)CC1O. The van der Waals surface area contributed by atoms with Crippen LogP contribution < -0.4 is 17.0 Å². The van der Waals surface area contributed by atoms with Crippen LogP contribution in [0.1, 0.15) is 26.5 Å². The summed E-state index contributed by atoms with van der Waals surface area (Å²) in [5, 5.41) is 9.97. The van der Waals surface area contributed by atoms with Gasteiger partial charge in [-0.15, -0.1) is 0 Å². The number of esters is 1. The molecule has 1 fully saturated rings. The molecule has 134 valence electrons. The lowest BCUT2D eigenvalue weighted by molar-refractivity contribution is -0.152. The number of halogens is 1. The zero-order valence-corrected chi connectivity index (χ0v) is 13.3. The van der Waals surface area contributed by atoms with Gasteiger partial charge in [0, 0.05) is 6.42 Å². The minimum absolute atomic E-state index is 0.0240. The van der Waals surface area contributed by atoms with Gasteiger partial charge < -0.3 is 20.3 Å². The summed E-state index contributed by atoms with van der Waals surface area (Å²) in [5.41, 5.74) is 3.65. The number of H-pyrrole nitrogens is 1. The third kappa shape index (κ3) is 3.89. The lowest BCUT2D eigenvalue weighted by atomic mass is 10.1. The van der Waals surface area contributed by atoms with Gasteiger partial charge >= 0.3 is 11.7 Å². The van der Waals surface area contributed by atoms with Crippen molar-refractivity contribution in [3.05, 3.63) is 32.9 Å². The number of hydrogen-bond donors (Lipinski definition) is 3. The molecule has 0 aromatic carbocycles. The Morgan fingerprint density at radius 2 is 2.25 bits per heavy atom. The highest BCUT2D eigenvalue weighted by atomic mass is 19.1. The number of aromatic amines is 1. The molecule has 0 radical (unpaired) electrons. The molecule has 24 heavy (non-hydrogen) atoms. The molecule has 1 aliphatic rings. The van der Waals surface area contributed by atoms with Gasteiger partial charge in [0.05, 0.1) is 12.3 Å². The maximum absolute atomic E-state index is 13.3. The molecule has 0 aliphatic carbocycles. The average molecular weight is 345 g/mol. The van der Waals surface area contributed by atoms with E-state index in [2.05, 4.69) is 0 Å². The highest BCUT2D eigenvalue weighted by Gasteiger charge is 2.37. The van der Waals surface area contributed by atoms with Crippen LogP contribution in [-0.4, -0.2) is 45.5 Å². The molecule has 0 spiro atoms. The minimum atomic E-state index is -1.15. The van der Waals surface area contributed by atoms with Crippen LogP contribution in [0.2, 0.25) is 0 Å². The van der Waals surface area contributed by atoms with Crippen molar-refractivity contribution in [3.63, 3.8) is 0 Å². The van der Waals surface area contributed by atoms with E-state index in [-0.39, 0.29) is 18.9 Å². The van der Waals surface area contributed by atoms with E-state index in [1.165, 1.54) is 0 Å². The highest BCUT2D eigenvalue weighted by Crippen LogP contribution is 2.27. The maximum Gasteiger partial charge on any atom is 0.330 e.